The van der Waals surface area contributed by atoms with Gasteiger partial charge in [0.25, 0.3) is 0 Å². The van der Waals surface area contributed by atoms with Crippen LogP contribution >= 0.6 is 0 Å². The fourth-order valence-corrected chi connectivity index (χ4v) is 1.74. The van der Waals surface area contributed by atoms with Crippen molar-refractivity contribution in [3.63, 3.8) is 0 Å². The third kappa shape index (κ3) is 3.74. The third-order valence-electron chi connectivity index (χ3n) is 2.41. The van der Waals surface area contributed by atoms with E-state index in [1.54, 1.807) is 7.11 Å². The summed E-state index contributed by atoms with van der Waals surface area (Å²) in [4.78, 5) is 12.5. The van der Waals surface area contributed by atoms with Crippen molar-refractivity contribution in [1.29, 1.82) is 0 Å². The number of methoxy groups -OCH3 is 1. The predicted molar refractivity (Wildman–Crippen MR) is 48.7 cm³/mol. The smallest absolute Gasteiger partial charge is 0.304 e. The second-order valence-electron chi connectivity index (χ2n) is 3.55. The Bertz CT molecular complexity index is 172. The molecule has 0 radical (unpaired) electrons. The maximum atomic E-state index is 10.3. The Kier molecular flexibility index (Phi) is 4.18. The Morgan fingerprint density at radius 1 is 1.69 bits per heavy atom. The number of nitrogens with zero attached hydrogens (tertiary/aromatic N) is 1. The molecule has 1 heterocycles. The van der Waals surface area contributed by atoms with Gasteiger partial charge in [0.2, 0.25) is 0 Å². The van der Waals surface area contributed by atoms with E-state index < -0.39 is 5.97 Å². The second kappa shape index (κ2) is 5.19. The molecule has 1 atom stereocenters. The first-order valence-corrected chi connectivity index (χ1v) is 4.65. The monoisotopic (exact) mass is 187 g/mol. The minimum atomic E-state index is -0.713. The quantitative estimate of drug-likeness (QED) is 0.678. The van der Waals surface area contributed by atoms with Gasteiger partial charge in [0, 0.05) is 20.2 Å². The van der Waals surface area contributed by atoms with Crippen molar-refractivity contribution >= 4 is 5.97 Å². The van der Waals surface area contributed by atoms with Gasteiger partial charge in [-0.2, -0.15) is 0 Å². The largest absolute Gasteiger partial charge is 0.481 e. The summed E-state index contributed by atoms with van der Waals surface area (Å²) in [5.74, 6) is -0.117. The maximum Gasteiger partial charge on any atom is 0.304 e. The van der Waals surface area contributed by atoms with Crippen molar-refractivity contribution < 1.29 is 14.6 Å². The molecule has 0 aromatic carbocycles. The van der Waals surface area contributed by atoms with Crippen LogP contribution in [0.5, 0.6) is 0 Å². The van der Waals surface area contributed by atoms with Gasteiger partial charge < -0.3 is 14.7 Å². The molecule has 1 aliphatic rings. The minimum Gasteiger partial charge on any atom is -0.481 e. The summed E-state index contributed by atoms with van der Waals surface area (Å²) in [7, 11) is 1.71. The van der Waals surface area contributed by atoms with Gasteiger partial charge in [-0.15, -0.1) is 0 Å². The highest BCUT2D eigenvalue weighted by Crippen LogP contribution is 2.16. The predicted octanol–water partition coefficient (Wildman–Crippen LogP) is 0.429. The molecule has 1 unspecified atom stereocenters. The Labute approximate surface area is 78.5 Å². The van der Waals surface area contributed by atoms with Gasteiger partial charge in [0.1, 0.15) is 0 Å². The van der Waals surface area contributed by atoms with Crippen molar-refractivity contribution in [1.82, 2.24) is 4.90 Å². The zero-order chi connectivity index (χ0) is 9.68. The lowest BCUT2D eigenvalue weighted by molar-refractivity contribution is -0.137. The number of likely N-dealkylation sites (tertiary alicyclic amines) is 1. The highest BCUT2D eigenvalue weighted by molar-refractivity contribution is 5.66. The van der Waals surface area contributed by atoms with Gasteiger partial charge in [-0.05, 0) is 18.9 Å². The van der Waals surface area contributed by atoms with E-state index >= 15 is 0 Å². The standard InChI is InChI=1S/C9H17NO3/c1-13-7-8-2-4-10(6-8)5-3-9(11)12/h8H,2-7H2,1H3,(H,11,12). The maximum absolute atomic E-state index is 10.3. The summed E-state index contributed by atoms with van der Waals surface area (Å²) in [6.07, 6.45) is 1.38. The molecule has 0 spiro atoms. The molecule has 76 valence electrons. The molecule has 0 aromatic rings. The first kappa shape index (κ1) is 10.5. The highest BCUT2D eigenvalue weighted by atomic mass is 16.5. The Balaban J connectivity index is 2.13. The lowest BCUT2D eigenvalue weighted by Crippen LogP contribution is -2.24. The van der Waals surface area contributed by atoms with Crippen LogP contribution in [0.4, 0.5) is 0 Å². The molecule has 1 rings (SSSR count). The van der Waals surface area contributed by atoms with Gasteiger partial charge >= 0.3 is 5.97 Å². The van der Waals surface area contributed by atoms with Crippen LogP contribution in [-0.4, -0.2) is 49.3 Å². The van der Waals surface area contributed by atoms with Gasteiger partial charge in [-0.3, -0.25) is 4.79 Å². The fourth-order valence-electron chi connectivity index (χ4n) is 1.74. The average Bonchev–Trinajstić information content (AvgIpc) is 2.50. The molecule has 0 amide bonds. The average molecular weight is 187 g/mol. The molecule has 0 bridgehead atoms. The molecular formula is C9H17NO3. The molecule has 1 fully saturated rings. The first-order valence-electron chi connectivity index (χ1n) is 4.65. The van der Waals surface area contributed by atoms with Crippen molar-refractivity contribution in [3.05, 3.63) is 0 Å². The van der Waals surface area contributed by atoms with E-state index in [4.69, 9.17) is 9.84 Å². The third-order valence-corrected chi connectivity index (χ3v) is 2.41. The lowest BCUT2D eigenvalue weighted by Gasteiger charge is -2.13. The van der Waals surface area contributed by atoms with E-state index in [0.717, 1.165) is 26.1 Å². The number of ether oxygens (including phenoxy) is 1. The molecule has 4 nitrogen and oxygen atoms in total. The molecule has 1 saturated heterocycles. The van der Waals surface area contributed by atoms with E-state index in [9.17, 15) is 4.79 Å². The molecule has 0 aliphatic carbocycles. The molecule has 0 saturated carbocycles. The van der Waals surface area contributed by atoms with Crippen LogP contribution < -0.4 is 0 Å². The van der Waals surface area contributed by atoms with E-state index in [0.29, 0.717) is 12.5 Å². The zero-order valence-electron chi connectivity index (χ0n) is 8.03. The zero-order valence-corrected chi connectivity index (χ0v) is 8.03. The second-order valence-corrected chi connectivity index (χ2v) is 3.55. The fraction of sp³-hybridized carbons (Fsp3) is 0.889. The van der Waals surface area contributed by atoms with Crippen molar-refractivity contribution in [2.24, 2.45) is 5.92 Å². The Morgan fingerprint density at radius 2 is 2.46 bits per heavy atom. The highest BCUT2D eigenvalue weighted by Gasteiger charge is 2.22. The Morgan fingerprint density at radius 3 is 3.08 bits per heavy atom. The number of carboxylic acids is 1. The topological polar surface area (TPSA) is 49.8 Å². The van der Waals surface area contributed by atoms with E-state index in [-0.39, 0.29) is 6.42 Å². The summed E-state index contributed by atoms with van der Waals surface area (Å²) >= 11 is 0. The van der Waals surface area contributed by atoms with Gasteiger partial charge in [-0.25, -0.2) is 0 Å². The van der Waals surface area contributed by atoms with Gasteiger partial charge in [0.15, 0.2) is 0 Å². The van der Waals surface area contributed by atoms with E-state index in [2.05, 4.69) is 4.90 Å². The van der Waals surface area contributed by atoms with Crippen molar-refractivity contribution in [3.8, 4) is 0 Å². The van der Waals surface area contributed by atoms with Crippen LogP contribution in [0.15, 0.2) is 0 Å². The normalized spacial score (nSPS) is 23.6. The molecular weight excluding hydrogens is 170 g/mol. The Hall–Kier alpha value is -0.610. The number of carbonyl (C=O) groups is 1. The molecule has 13 heavy (non-hydrogen) atoms. The van der Waals surface area contributed by atoms with Crippen LogP contribution in [0.1, 0.15) is 12.8 Å². The van der Waals surface area contributed by atoms with Crippen molar-refractivity contribution in [2.45, 2.75) is 12.8 Å². The van der Waals surface area contributed by atoms with E-state index in [1.807, 2.05) is 0 Å². The SMILES string of the molecule is COCC1CCN(CCC(=O)O)C1. The number of hydrogen-bond donors (Lipinski definition) is 1. The summed E-state index contributed by atoms with van der Waals surface area (Å²) in [6, 6.07) is 0. The van der Waals surface area contributed by atoms with Crippen LogP contribution in [0.3, 0.4) is 0 Å². The summed E-state index contributed by atoms with van der Waals surface area (Å²) < 4.78 is 5.06. The first-order chi connectivity index (χ1) is 6.22. The molecule has 1 N–H and O–H groups in total. The van der Waals surface area contributed by atoms with Crippen molar-refractivity contribution in [2.75, 3.05) is 33.4 Å². The van der Waals surface area contributed by atoms with Crippen LogP contribution in [0, 0.1) is 5.92 Å². The van der Waals surface area contributed by atoms with Crippen LogP contribution in [-0.2, 0) is 9.53 Å². The molecule has 0 aromatic heterocycles. The van der Waals surface area contributed by atoms with Gasteiger partial charge in [0.05, 0.1) is 13.0 Å². The molecule has 1 aliphatic heterocycles. The summed E-state index contributed by atoms with van der Waals surface area (Å²) in [5.41, 5.74) is 0. The molecule has 4 heteroatoms. The summed E-state index contributed by atoms with van der Waals surface area (Å²) in [5, 5.41) is 8.49. The number of rotatable bonds is 5. The lowest BCUT2D eigenvalue weighted by atomic mass is 10.1. The van der Waals surface area contributed by atoms with Crippen LogP contribution in [0.25, 0.3) is 0 Å². The summed E-state index contributed by atoms with van der Waals surface area (Å²) in [6.45, 7) is 3.47. The minimum absolute atomic E-state index is 0.250. The van der Waals surface area contributed by atoms with E-state index in [1.165, 1.54) is 0 Å². The van der Waals surface area contributed by atoms with Crippen LogP contribution in [0.2, 0.25) is 0 Å². The number of hydrogen-bond acceptors (Lipinski definition) is 3. The van der Waals surface area contributed by atoms with Gasteiger partial charge in [-0.1, -0.05) is 0 Å². The number of carboxylic acid groups (broad SMARTS) is 1. The number of aliphatic carboxylic acids is 1.